The molecule has 0 aromatic carbocycles. The van der Waals surface area contributed by atoms with E-state index in [9.17, 15) is 0 Å². The minimum Gasteiger partial charge on any atom is -0.394 e. The highest BCUT2D eigenvalue weighted by molar-refractivity contribution is 7.15. The zero-order valence-corrected chi connectivity index (χ0v) is 9.22. The number of aliphatic hydroxyl groups is 1. The SMILES string of the molecule is Cc1nnc(N(C)C(C)(C)CO)s1. The number of anilines is 1. The number of hydrogen-bond acceptors (Lipinski definition) is 5. The molecule has 1 N–H and O–H groups in total. The van der Waals surface area contributed by atoms with E-state index in [1.165, 1.54) is 11.3 Å². The van der Waals surface area contributed by atoms with Gasteiger partial charge in [0.2, 0.25) is 5.13 Å². The molecular weight excluding hydrogens is 186 g/mol. The Morgan fingerprint density at radius 3 is 2.46 bits per heavy atom. The zero-order chi connectivity index (χ0) is 10.1. The Morgan fingerprint density at radius 1 is 1.46 bits per heavy atom. The van der Waals surface area contributed by atoms with Crippen molar-refractivity contribution in [2.45, 2.75) is 26.3 Å². The highest BCUT2D eigenvalue weighted by atomic mass is 32.1. The van der Waals surface area contributed by atoms with Crippen LogP contribution in [0.25, 0.3) is 0 Å². The molecule has 1 rings (SSSR count). The van der Waals surface area contributed by atoms with Gasteiger partial charge in [0.25, 0.3) is 0 Å². The van der Waals surface area contributed by atoms with Crippen molar-refractivity contribution in [3.05, 3.63) is 5.01 Å². The standard InChI is InChI=1S/C8H15N3OS/c1-6-9-10-7(13-6)11(4)8(2,3)5-12/h12H,5H2,1-4H3. The van der Waals surface area contributed by atoms with E-state index in [0.29, 0.717) is 0 Å². The fraction of sp³-hybridized carbons (Fsp3) is 0.750. The lowest BCUT2D eigenvalue weighted by Gasteiger charge is -2.33. The van der Waals surface area contributed by atoms with Gasteiger partial charge in [-0.05, 0) is 20.8 Å². The first-order valence-electron chi connectivity index (χ1n) is 4.12. The number of likely N-dealkylation sites (N-methyl/N-ethyl adjacent to an activating group) is 1. The Bertz CT molecular complexity index is 285. The van der Waals surface area contributed by atoms with Crippen LogP contribution in [0.5, 0.6) is 0 Å². The topological polar surface area (TPSA) is 49.2 Å². The Morgan fingerprint density at radius 2 is 2.08 bits per heavy atom. The zero-order valence-electron chi connectivity index (χ0n) is 8.40. The largest absolute Gasteiger partial charge is 0.394 e. The normalized spacial score (nSPS) is 11.8. The molecule has 0 aliphatic heterocycles. The first-order valence-corrected chi connectivity index (χ1v) is 4.94. The van der Waals surface area contributed by atoms with E-state index >= 15 is 0 Å². The molecule has 0 saturated heterocycles. The Kier molecular flexibility index (Phi) is 2.87. The average molecular weight is 201 g/mol. The van der Waals surface area contributed by atoms with Crippen molar-refractivity contribution < 1.29 is 5.11 Å². The minimum atomic E-state index is -0.286. The van der Waals surface area contributed by atoms with E-state index in [4.69, 9.17) is 5.11 Å². The number of hydrogen-bond donors (Lipinski definition) is 1. The molecule has 1 aromatic heterocycles. The van der Waals surface area contributed by atoms with Crippen molar-refractivity contribution in [3.8, 4) is 0 Å². The van der Waals surface area contributed by atoms with E-state index in [1.807, 2.05) is 32.7 Å². The smallest absolute Gasteiger partial charge is 0.208 e. The van der Waals surface area contributed by atoms with E-state index in [0.717, 1.165) is 10.1 Å². The lowest BCUT2D eigenvalue weighted by atomic mass is 10.1. The third-order valence-corrected chi connectivity index (χ3v) is 3.01. The van der Waals surface area contributed by atoms with Crippen molar-refractivity contribution in [1.82, 2.24) is 10.2 Å². The van der Waals surface area contributed by atoms with Crippen LogP contribution in [-0.4, -0.2) is 34.5 Å². The van der Waals surface area contributed by atoms with Crippen molar-refractivity contribution >= 4 is 16.5 Å². The lowest BCUT2D eigenvalue weighted by Crippen LogP contribution is -2.44. The molecule has 0 saturated carbocycles. The third kappa shape index (κ3) is 2.16. The number of rotatable bonds is 3. The van der Waals surface area contributed by atoms with Gasteiger partial charge in [0, 0.05) is 7.05 Å². The van der Waals surface area contributed by atoms with Crippen molar-refractivity contribution in [3.63, 3.8) is 0 Å². The summed E-state index contributed by atoms with van der Waals surface area (Å²) in [4.78, 5) is 1.94. The summed E-state index contributed by atoms with van der Waals surface area (Å²) in [5.74, 6) is 0. The average Bonchev–Trinajstić information content (AvgIpc) is 2.50. The van der Waals surface area contributed by atoms with Crippen molar-refractivity contribution in [1.29, 1.82) is 0 Å². The maximum atomic E-state index is 9.15. The quantitative estimate of drug-likeness (QED) is 0.794. The van der Waals surface area contributed by atoms with Gasteiger partial charge in [0.05, 0.1) is 12.1 Å². The van der Waals surface area contributed by atoms with Crippen LogP contribution >= 0.6 is 11.3 Å². The van der Waals surface area contributed by atoms with Gasteiger partial charge in [-0.3, -0.25) is 0 Å². The molecule has 0 amide bonds. The van der Waals surface area contributed by atoms with Crippen molar-refractivity contribution in [2.24, 2.45) is 0 Å². The Hall–Kier alpha value is -0.680. The first-order chi connectivity index (χ1) is 5.97. The second-order valence-corrected chi connectivity index (χ2v) is 4.79. The van der Waals surface area contributed by atoms with Gasteiger partial charge in [0.1, 0.15) is 5.01 Å². The summed E-state index contributed by atoms with van der Waals surface area (Å²) in [6.45, 7) is 5.94. The molecule has 4 nitrogen and oxygen atoms in total. The predicted molar refractivity (Wildman–Crippen MR) is 54.2 cm³/mol. The minimum absolute atomic E-state index is 0.0993. The number of aromatic nitrogens is 2. The second kappa shape index (κ2) is 3.59. The van der Waals surface area contributed by atoms with Crippen LogP contribution in [-0.2, 0) is 0 Å². The molecule has 13 heavy (non-hydrogen) atoms. The van der Waals surface area contributed by atoms with Gasteiger partial charge < -0.3 is 10.0 Å². The molecule has 0 bridgehead atoms. The number of nitrogens with zero attached hydrogens (tertiary/aromatic N) is 3. The molecule has 1 heterocycles. The summed E-state index contributed by atoms with van der Waals surface area (Å²) in [6, 6.07) is 0. The fourth-order valence-electron chi connectivity index (χ4n) is 0.787. The molecule has 74 valence electrons. The fourth-order valence-corrected chi connectivity index (χ4v) is 1.60. The summed E-state index contributed by atoms with van der Waals surface area (Å²) in [7, 11) is 1.91. The number of aliphatic hydroxyl groups excluding tert-OH is 1. The van der Waals surface area contributed by atoms with Gasteiger partial charge in [0.15, 0.2) is 0 Å². The van der Waals surface area contributed by atoms with Crippen LogP contribution < -0.4 is 4.90 Å². The lowest BCUT2D eigenvalue weighted by molar-refractivity contribution is 0.216. The summed E-state index contributed by atoms with van der Waals surface area (Å²) in [5.41, 5.74) is -0.286. The van der Waals surface area contributed by atoms with Crippen LogP contribution in [0.4, 0.5) is 5.13 Å². The molecule has 0 aliphatic rings. The van der Waals surface area contributed by atoms with Crippen molar-refractivity contribution in [2.75, 3.05) is 18.6 Å². The molecule has 5 heteroatoms. The van der Waals surface area contributed by atoms with Crippen LogP contribution in [0.3, 0.4) is 0 Å². The second-order valence-electron chi connectivity index (χ2n) is 3.63. The predicted octanol–water partition coefficient (Wildman–Crippen LogP) is 1.05. The molecule has 0 atom stereocenters. The Balaban J connectivity index is 2.84. The van der Waals surface area contributed by atoms with Gasteiger partial charge in [-0.1, -0.05) is 11.3 Å². The molecule has 0 spiro atoms. The summed E-state index contributed by atoms with van der Waals surface area (Å²) in [5, 5.41) is 18.9. The summed E-state index contributed by atoms with van der Waals surface area (Å²) >= 11 is 1.53. The van der Waals surface area contributed by atoms with Gasteiger partial charge in [-0.2, -0.15) is 0 Å². The van der Waals surface area contributed by atoms with Gasteiger partial charge >= 0.3 is 0 Å². The monoisotopic (exact) mass is 201 g/mol. The van der Waals surface area contributed by atoms with E-state index in [2.05, 4.69) is 10.2 Å². The van der Waals surface area contributed by atoms with E-state index in [1.54, 1.807) is 0 Å². The van der Waals surface area contributed by atoms with Crippen LogP contribution in [0, 0.1) is 6.92 Å². The van der Waals surface area contributed by atoms with Crippen LogP contribution in [0.1, 0.15) is 18.9 Å². The van der Waals surface area contributed by atoms with E-state index < -0.39 is 0 Å². The highest BCUT2D eigenvalue weighted by Gasteiger charge is 2.24. The summed E-state index contributed by atoms with van der Waals surface area (Å²) < 4.78 is 0. The van der Waals surface area contributed by atoms with Gasteiger partial charge in [-0.25, -0.2) is 0 Å². The molecule has 0 radical (unpaired) electrons. The van der Waals surface area contributed by atoms with Crippen LogP contribution in [0.15, 0.2) is 0 Å². The molecular formula is C8H15N3OS. The van der Waals surface area contributed by atoms with Crippen LogP contribution in [0.2, 0.25) is 0 Å². The first kappa shape index (κ1) is 10.4. The summed E-state index contributed by atoms with van der Waals surface area (Å²) in [6.07, 6.45) is 0. The highest BCUT2D eigenvalue weighted by Crippen LogP contribution is 2.24. The maximum absolute atomic E-state index is 9.15. The molecule has 0 fully saturated rings. The van der Waals surface area contributed by atoms with E-state index in [-0.39, 0.29) is 12.1 Å². The number of aryl methyl sites for hydroxylation is 1. The maximum Gasteiger partial charge on any atom is 0.208 e. The molecule has 0 unspecified atom stereocenters. The molecule has 0 aliphatic carbocycles. The van der Waals surface area contributed by atoms with Gasteiger partial charge in [-0.15, -0.1) is 10.2 Å². The third-order valence-electron chi connectivity index (χ3n) is 2.10. The Labute approximate surface area is 82.2 Å². The molecule has 1 aromatic rings.